The van der Waals surface area contributed by atoms with Crippen LogP contribution in [0.5, 0.6) is 5.88 Å². The predicted molar refractivity (Wildman–Crippen MR) is 125 cm³/mol. The number of carboxylic acids is 1. The lowest BCUT2D eigenvalue weighted by Crippen LogP contribution is -2.11. The number of carboxylic acid groups (broad SMARTS) is 1. The zero-order valence-corrected chi connectivity index (χ0v) is 19.7. The molecule has 0 radical (unpaired) electrons. The summed E-state index contributed by atoms with van der Waals surface area (Å²) >= 11 is 0. The van der Waals surface area contributed by atoms with Gasteiger partial charge in [-0.3, -0.25) is 0 Å². The van der Waals surface area contributed by atoms with Crippen molar-refractivity contribution in [3.05, 3.63) is 70.8 Å². The third-order valence-electron chi connectivity index (χ3n) is 5.21. The third-order valence-corrected chi connectivity index (χ3v) is 5.21. The predicted octanol–water partition coefficient (Wildman–Crippen LogP) is 5.12. The van der Waals surface area contributed by atoms with Crippen molar-refractivity contribution in [1.82, 2.24) is 24.7 Å². The van der Waals surface area contributed by atoms with Crippen LogP contribution in [0.1, 0.15) is 32.9 Å². The molecule has 0 saturated carbocycles. The van der Waals surface area contributed by atoms with Crippen LogP contribution in [0.15, 0.2) is 42.7 Å². The van der Waals surface area contributed by atoms with E-state index in [0.29, 0.717) is 5.69 Å². The molecule has 36 heavy (non-hydrogen) atoms. The van der Waals surface area contributed by atoms with E-state index in [9.17, 15) is 23.1 Å². The van der Waals surface area contributed by atoms with Crippen molar-refractivity contribution in [3.8, 4) is 22.8 Å². The average molecular weight is 498 g/mol. The zero-order chi connectivity index (χ0) is 26.2. The number of halogens is 3. The number of methoxy groups -OCH3 is 1. The third kappa shape index (κ3) is 4.97. The second-order valence-electron chi connectivity index (χ2n) is 8.10. The number of carbonyl (C=O) groups is 1. The number of hydrogen-bond donors (Lipinski definition) is 2. The van der Waals surface area contributed by atoms with E-state index in [-0.39, 0.29) is 40.0 Å². The first-order valence-electron chi connectivity index (χ1n) is 10.6. The Bertz CT molecular complexity index is 1450. The van der Waals surface area contributed by atoms with Crippen molar-refractivity contribution in [2.24, 2.45) is 0 Å². The zero-order valence-electron chi connectivity index (χ0n) is 19.7. The minimum atomic E-state index is -4.67. The number of ether oxygens (including phenoxy) is 1. The molecule has 0 amide bonds. The van der Waals surface area contributed by atoms with Gasteiger partial charge >= 0.3 is 12.1 Å². The molecule has 0 atom stereocenters. The second-order valence-corrected chi connectivity index (χ2v) is 8.10. The number of benzene rings is 1. The second kappa shape index (κ2) is 9.29. The SMILES string of the molecule is COc1ncc(-c2cnc(Nc3cc(C)cc(C)c3)nc2-n2nc(C(F)(F)F)cc2C)cc1C(=O)O. The maximum Gasteiger partial charge on any atom is 0.435 e. The number of alkyl halides is 3. The molecule has 0 aliphatic heterocycles. The van der Waals surface area contributed by atoms with E-state index in [1.807, 2.05) is 32.0 Å². The number of aryl methyl sites for hydroxylation is 3. The van der Waals surface area contributed by atoms with Gasteiger partial charge in [0.25, 0.3) is 0 Å². The number of pyridine rings is 1. The monoisotopic (exact) mass is 498 g/mol. The summed E-state index contributed by atoms with van der Waals surface area (Å²) in [6, 6.07) is 7.92. The Morgan fingerprint density at radius 1 is 1.03 bits per heavy atom. The van der Waals surface area contributed by atoms with E-state index in [4.69, 9.17) is 4.74 Å². The molecule has 0 fully saturated rings. The van der Waals surface area contributed by atoms with Crippen LogP contribution in [0, 0.1) is 20.8 Å². The van der Waals surface area contributed by atoms with Crippen LogP contribution in [0.2, 0.25) is 0 Å². The molecule has 0 bridgehead atoms. The molecule has 9 nitrogen and oxygen atoms in total. The highest BCUT2D eigenvalue weighted by Crippen LogP contribution is 2.33. The fraction of sp³-hybridized carbons (Fsp3) is 0.208. The number of hydrogen-bond acceptors (Lipinski definition) is 7. The topological polar surface area (TPSA) is 115 Å². The highest BCUT2D eigenvalue weighted by atomic mass is 19.4. The van der Waals surface area contributed by atoms with Gasteiger partial charge in [-0.1, -0.05) is 6.07 Å². The number of nitrogens with zero attached hydrogens (tertiary/aromatic N) is 5. The van der Waals surface area contributed by atoms with Crippen LogP contribution in [0.4, 0.5) is 24.8 Å². The smallest absolute Gasteiger partial charge is 0.435 e. The van der Waals surface area contributed by atoms with Gasteiger partial charge in [-0.05, 0) is 56.2 Å². The van der Waals surface area contributed by atoms with Crippen molar-refractivity contribution >= 4 is 17.6 Å². The molecule has 12 heteroatoms. The van der Waals surface area contributed by atoms with E-state index < -0.39 is 17.8 Å². The summed E-state index contributed by atoms with van der Waals surface area (Å²) in [7, 11) is 1.28. The van der Waals surface area contributed by atoms with Gasteiger partial charge in [-0.15, -0.1) is 0 Å². The molecule has 0 saturated heterocycles. The standard InChI is InChI=1S/C24H21F3N6O3/c1-12-5-13(2)7-16(6-12)30-23-29-11-18(15-9-17(22(34)35)21(36-4)28-10-15)20(31-23)33-14(3)8-19(32-33)24(25,26)27/h5-11H,1-4H3,(H,34,35)(H,29,30,31). The van der Waals surface area contributed by atoms with Crippen molar-refractivity contribution in [3.63, 3.8) is 0 Å². The summed E-state index contributed by atoms with van der Waals surface area (Å²) < 4.78 is 46.2. The summed E-state index contributed by atoms with van der Waals surface area (Å²) in [6.07, 6.45) is -1.97. The molecule has 2 N–H and O–H groups in total. The maximum atomic E-state index is 13.4. The normalized spacial score (nSPS) is 11.4. The van der Waals surface area contributed by atoms with Crippen LogP contribution in [0.25, 0.3) is 16.9 Å². The number of aromatic carboxylic acids is 1. The van der Waals surface area contributed by atoms with Crippen molar-refractivity contribution < 1.29 is 27.8 Å². The van der Waals surface area contributed by atoms with E-state index in [1.54, 1.807) is 0 Å². The molecule has 0 unspecified atom stereocenters. The summed E-state index contributed by atoms with van der Waals surface area (Å²) in [5, 5.41) is 16.3. The molecule has 3 heterocycles. The molecule has 0 aliphatic rings. The lowest BCUT2D eigenvalue weighted by molar-refractivity contribution is -0.141. The van der Waals surface area contributed by atoms with Gasteiger partial charge in [-0.25, -0.2) is 19.4 Å². The van der Waals surface area contributed by atoms with Crippen molar-refractivity contribution in [1.29, 1.82) is 0 Å². The lowest BCUT2D eigenvalue weighted by atomic mass is 10.1. The molecule has 4 rings (SSSR count). The Morgan fingerprint density at radius 3 is 2.31 bits per heavy atom. The summed E-state index contributed by atoms with van der Waals surface area (Å²) in [6.45, 7) is 5.31. The van der Waals surface area contributed by atoms with Gasteiger partial charge < -0.3 is 15.2 Å². The van der Waals surface area contributed by atoms with E-state index >= 15 is 0 Å². The van der Waals surface area contributed by atoms with Crippen LogP contribution in [-0.2, 0) is 6.18 Å². The first kappa shape index (κ1) is 24.6. The number of rotatable bonds is 6. The average Bonchev–Trinajstić information content (AvgIpc) is 3.20. The molecule has 3 aromatic heterocycles. The van der Waals surface area contributed by atoms with Gasteiger partial charge in [0.2, 0.25) is 11.8 Å². The van der Waals surface area contributed by atoms with Crippen LogP contribution >= 0.6 is 0 Å². The summed E-state index contributed by atoms with van der Waals surface area (Å²) in [4.78, 5) is 24.5. The van der Waals surface area contributed by atoms with E-state index in [0.717, 1.165) is 21.9 Å². The Balaban J connectivity index is 1.90. The maximum absolute atomic E-state index is 13.4. The Morgan fingerprint density at radius 2 is 1.72 bits per heavy atom. The highest BCUT2D eigenvalue weighted by molar-refractivity contribution is 5.92. The quantitative estimate of drug-likeness (QED) is 0.377. The molecular formula is C24H21F3N6O3. The largest absolute Gasteiger partial charge is 0.480 e. The number of aromatic nitrogens is 5. The molecule has 1 aromatic carbocycles. The first-order valence-corrected chi connectivity index (χ1v) is 10.6. The van der Waals surface area contributed by atoms with Gasteiger partial charge in [0.15, 0.2) is 11.5 Å². The first-order chi connectivity index (χ1) is 17.0. The van der Waals surface area contributed by atoms with Gasteiger partial charge in [0.1, 0.15) is 5.56 Å². The van der Waals surface area contributed by atoms with E-state index in [1.165, 1.54) is 32.5 Å². The Kier molecular flexibility index (Phi) is 6.35. The fourth-order valence-electron chi connectivity index (χ4n) is 3.72. The highest BCUT2D eigenvalue weighted by Gasteiger charge is 2.35. The van der Waals surface area contributed by atoms with Crippen molar-refractivity contribution in [2.75, 3.05) is 12.4 Å². The van der Waals surface area contributed by atoms with Gasteiger partial charge in [0, 0.05) is 34.9 Å². The summed E-state index contributed by atoms with van der Waals surface area (Å²) in [5.41, 5.74) is 2.01. The molecule has 0 aliphatic carbocycles. The van der Waals surface area contributed by atoms with Crippen LogP contribution in [-0.4, -0.2) is 42.9 Å². The molecule has 4 aromatic rings. The van der Waals surface area contributed by atoms with E-state index in [2.05, 4.69) is 25.4 Å². The van der Waals surface area contributed by atoms with Gasteiger partial charge in [0.05, 0.1) is 7.11 Å². The number of nitrogens with one attached hydrogen (secondary N) is 1. The minimum Gasteiger partial charge on any atom is -0.480 e. The minimum absolute atomic E-state index is 0.00757. The Hall–Kier alpha value is -4.48. The molecule has 186 valence electrons. The lowest BCUT2D eigenvalue weighted by Gasteiger charge is -2.14. The number of anilines is 2. The van der Waals surface area contributed by atoms with Crippen LogP contribution in [0.3, 0.4) is 0 Å². The Labute approximate surface area is 203 Å². The van der Waals surface area contributed by atoms with Crippen molar-refractivity contribution in [2.45, 2.75) is 26.9 Å². The summed E-state index contributed by atoms with van der Waals surface area (Å²) in [5.74, 6) is -1.28. The molecule has 0 spiro atoms. The van der Waals surface area contributed by atoms with Gasteiger partial charge in [-0.2, -0.15) is 23.3 Å². The van der Waals surface area contributed by atoms with Crippen LogP contribution < -0.4 is 10.1 Å². The fourth-order valence-corrected chi connectivity index (χ4v) is 3.72. The molecular weight excluding hydrogens is 477 g/mol.